The summed E-state index contributed by atoms with van der Waals surface area (Å²) in [6.45, 7) is 3.42. The molecular formula is C22H35NO5. The number of hydrogen-bond acceptors (Lipinski definition) is 5. The van der Waals surface area contributed by atoms with E-state index in [-0.39, 0.29) is 42.3 Å². The van der Waals surface area contributed by atoms with Crippen LogP contribution in [-0.2, 0) is 14.4 Å². The number of Topliss-reactive ketones (excluding diaryl/α,β-unsaturated/α-hetero) is 1. The molecule has 0 aromatic rings. The van der Waals surface area contributed by atoms with Gasteiger partial charge in [0.15, 0.2) is 0 Å². The maximum atomic E-state index is 12.2. The Morgan fingerprint density at radius 1 is 1.25 bits per heavy atom. The van der Waals surface area contributed by atoms with Crippen LogP contribution in [0.15, 0.2) is 24.3 Å². The molecule has 3 N–H and O–H groups in total. The van der Waals surface area contributed by atoms with Gasteiger partial charge in [-0.25, -0.2) is 0 Å². The van der Waals surface area contributed by atoms with Gasteiger partial charge in [0.2, 0.25) is 11.8 Å². The Kier molecular flexibility index (Phi) is 11.6. The summed E-state index contributed by atoms with van der Waals surface area (Å²) >= 11 is 0. The van der Waals surface area contributed by atoms with E-state index in [9.17, 15) is 24.6 Å². The Hall–Kier alpha value is -1.79. The van der Waals surface area contributed by atoms with Crippen LogP contribution in [0.1, 0.15) is 71.6 Å². The molecule has 0 aromatic heterocycles. The molecule has 1 fully saturated rings. The maximum Gasteiger partial charge on any atom is 0.226 e. The number of carbonyl (C=O) groups excluding carboxylic acids is 3. The molecule has 1 aliphatic rings. The van der Waals surface area contributed by atoms with Gasteiger partial charge in [0.25, 0.3) is 0 Å². The first kappa shape index (κ1) is 24.2. The van der Waals surface area contributed by atoms with E-state index in [2.05, 4.69) is 12.2 Å². The fraction of sp³-hybridized carbons (Fsp3) is 0.682. The smallest absolute Gasteiger partial charge is 0.226 e. The molecule has 0 radical (unpaired) electrons. The number of rotatable bonds is 12. The highest BCUT2D eigenvalue weighted by molar-refractivity contribution is 5.93. The summed E-state index contributed by atoms with van der Waals surface area (Å²) in [5.74, 6) is -1.12. The van der Waals surface area contributed by atoms with Crippen molar-refractivity contribution in [2.75, 3.05) is 0 Å². The summed E-state index contributed by atoms with van der Waals surface area (Å²) in [6.07, 6.45) is 12.3. The lowest BCUT2D eigenvalue weighted by Gasteiger charge is -2.16. The molecule has 6 heteroatoms. The molecule has 0 bridgehead atoms. The second kappa shape index (κ2) is 13.4. The Morgan fingerprint density at radius 2 is 2.00 bits per heavy atom. The van der Waals surface area contributed by atoms with Crippen molar-refractivity contribution in [3.05, 3.63) is 24.3 Å². The topological polar surface area (TPSA) is 104 Å². The van der Waals surface area contributed by atoms with Gasteiger partial charge in [-0.1, -0.05) is 50.5 Å². The van der Waals surface area contributed by atoms with Crippen molar-refractivity contribution in [1.29, 1.82) is 0 Å². The standard InChI is InChI=1S/C22H35NO5/c1-3-4-7-10-17(25)13-14-19-18(20(26)15-21(19)27)11-8-5-6-9-12-22(28)23-16(2)24/h5,8,13-14,17-19,21,25,27H,3-4,6-7,9-12,15H2,1-2H3,(H,23,24,28)/b8-5-,14-13+/t17-,18+,19+,21+/m0/s1. The SMILES string of the molecule is CCCCC[C@H](O)/C=C/[C@H]1[C@H](O)CC(=O)[C@@H]1C/C=C\CCCC(=O)NC(C)=O. The molecule has 0 aliphatic heterocycles. The van der Waals surface area contributed by atoms with Crippen LogP contribution in [0.2, 0.25) is 0 Å². The molecule has 1 aliphatic carbocycles. The van der Waals surface area contributed by atoms with Gasteiger partial charge in [0.1, 0.15) is 5.78 Å². The Morgan fingerprint density at radius 3 is 2.68 bits per heavy atom. The van der Waals surface area contributed by atoms with Crippen molar-refractivity contribution in [2.24, 2.45) is 11.8 Å². The van der Waals surface area contributed by atoms with Gasteiger partial charge >= 0.3 is 0 Å². The monoisotopic (exact) mass is 393 g/mol. The van der Waals surface area contributed by atoms with Crippen LogP contribution in [0.4, 0.5) is 0 Å². The second-order valence-electron chi connectivity index (χ2n) is 7.57. The quantitative estimate of drug-likeness (QED) is 0.349. The summed E-state index contributed by atoms with van der Waals surface area (Å²) in [6, 6.07) is 0. The predicted molar refractivity (Wildman–Crippen MR) is 108 cm³/mol. The highest BCUT2D eigenvalue weighted by Crippen LogP contribution is 2.33. The number of aliphatic hydroxyl groups is 2. The number of ketones is 1. The molecule has 1 saturated carbocycles. The summed E-state index contributed by atoms with van der Waals surface area (Å²) in [4.78, 5) is 34.3. The fourth-order valence-corrected chi connectivity index (χ4v) is 3.48. The van der Waals surface area contributed by atoms with Crippen molar-refractivity contribution >= 4 is 17.6 Å². The summed E-state index contributed by atoms with van der Waals surface area (Å²) in [7, 11) is 0. The largest absolute Gasteiger partial charge is 0.392 e. The Labute approximate surface area is 168 Å². The second-order valence-corrected chi connectivity index (χ2v) is 7.57. The molecule has 0 saturated heterocycles. The van der Waals surface area contributed by atoms with Crippen molar-refractivity contribution in [3.63, 3.8) is 0 Å². The zero-order chi connectivity index (χ0) is 20.9. The number of allylic oxidation sites excluding steroid dienone is 2. The molecule has 6 nitrogen and oxygen atoms in total. The summed E-state index contributed by atoms with van der Waals surface area (Å²) in [5.41, 5.74) is 0. The number of nitrogens with one attached hydrogen (secondary N) is 1. The maximum absolute atomic E-state index is 12.2. The first-order valence-corrected chi connectivity index (χ1v) is 10.4. The van der Waals surface area contributed by atoms with E-state index < -0.39 is 12.2 Å². The van der Waals surface area contributed by atoms with Gasteiger partial charge in [-0.15, -0.1) is 0 Å². The molecule has 28 heavy (non-hydrogen) atoms. The normalized spacial score (nSPS) is 23.6. The average Bonchev–Trinajstić information content (AvgIpc) is 2.88. The summed E-state index contributed by atoms with van der Waals surface area (Å²) in [5, 5.41) is 22.4. The van der Waals surface area contributed by atoms with Gasteiger partial charge in [0.05, 0.1) is 12.2 Å². The summed E-state index contributed by atoms with van der Waals surface area (Å²) < 4.78 is 0. The lowest BCUT2D eigenvalue weighted by molar-refractivity contribution is -0.129. The minimum Gasteiger partial charge on any atom is -0.392 e. The van der Waals surface area contributed by atoms with Crippen molar-refractivity contribution in [1.82, 2.24) is 5.32 Å². The molecule has 4 atom stereocenters. The molecule has 0 unspecified atom stereocenters. The average molecular weight is 394 g/mol. The van der Waals surface area contributed by atoms with Gasteiger partial charge in [-0.05, 0) is 25.7 Å². The van der Waals surface area contributed by atoms with E-state index >= 15 is 0 Å². The van der Waals surface area contributed by atoms with Crippen LogP contribution in [0.25, 0.3) is 0 Å². The molecule has 0 aromatic carbocycles. The van der Waals surface area contributed by atoms with E-state index in [1.807, 2.05) is 12.2 Å². The zero-order valence-electron chi connectivity index (χ0n) is 17.1. The number of hydrogen-bond donors (Lipinski definition) is 3. The van der Waals surface area contributed by atoms with Crippen LogP contribution in [0, 0.1) is 11.8 Å². The lowest BCUT2D eigenvalue weighted by atomic mass is 9.90. The number of aliphatic hydroxyl groups excluding tert-OH is 2. The molecular weight excluding hydrogens is 358 g/mol. The van der Waals surface area contributed by atoms with E-state index in [4.69, 9.17) is 0 Å². The van der Waals surface area contributed by atoms with E-state index in [1.54, 1.807) is 12.2 Å². The molecule has 1 rings (SSSR count). The van der Waals surface area contributed by atoms with Crippen LogP contribution in [0.3, 0.4) is 0 Å². The number of carbonyl (C=O) groups is 3. The first-order valence-electron chi connectivity index (χ1n) is 10.4. The number of imide groups is 1. The van der Waals surface area contributed by atoms with Crippen molar-refractivity contribution in [3.8, 4) is 0 Å². The highest BCUT2D eigenvalue weighted by atomic mass is 16.3. The molecule has 2 amide bonds. The fourth-order valence-electron chi connectivity index (χ4n) is 3.48. The Balaban J connectivity index is 2.43. The van der Waals surface area contributed by atoms with Gasteiger partial charge < -0.3 is 10.2 Å². The van der Waals surface area contributed by atoms with Gasteiger partial charge in [-0.2, -0.15) is 0 Å². The first-order chi connectivity index (χ1) is 13.3. The van der Waals surface area contributed by atoms with Crippen LogP contribution >= 0.6 is 0 Å². The Bertz CT molecular complexity index is 569. The molecule has 0 spiro atoms. The minimum atomic E-state index is -0.694. The highest BCUT2D eigenvalue weighted by Gasteiger charge is 2.39. The van der Waals surface area contributed by atoms with Crippen LogP contribution in [-0.4, -0.2) is 40.0 Å². The van der Waals surface area contributed by atoms with E-state index in [0.29, 0.717) is 25.7 Å². The van der Waals surface area contributed by atoms with Gasteiger partial charge in [-0.3, -0.25) is 19.7 Å². The third-order valence-electron chi connectivity index (χ3n) is 5.04. The van der Waals surface area contributed by atoms with Crippen LogP contribution < -0.4 is 5.32 Å². The van der Waals surface area contributed by atoms with Crippen molar-refractivity contribution in [2.45, 2.75) is 83.8 Å². The van der Waals surface area contributed by atoms with E-state index in [1.165, 1.54) is 6.92 Å². The third-order valence-corrected chi connectivity index (χ3v) is 5.04. The van der Waals surface area contributed by atoms with E-state index in [0.717, 1.165) is 19.3 Å². The predicted octanol–water partition coefficient (Wildman–Crippen LogP) is 2.83. The molecule has 0 heterocycles. The van der Waals surface area contributed by atoms with Crippen molar-refractivity contribution < 1.29 is 24.6 Å². The zero-order valence-corrected chi connectivity index (χ0v) is 17.1. The number of unbranched alkanes of at least 4 members (excludes halogenated alkanes) is 3. The van der Waals surface area contributed by atoms with Gasteiger partial charge in [0, 0.05) is 31.6 Å². The third kappa shape index (κ3) is 9.42. The minimum absolute atomic E-state index is 0.0492. The lowest BCUT2D eigenvalue weighted by Crippen LogP contribution is -2.27. The molecule has 158 valence electrons. The number of amides is 2. The van der Waals surface area contributed by atoms with Crippen LogP contribution in [0.5, 0.6) is 0 Å².